The second kappa shape index (κ2) is 5.47. The number of nitrogens with two attached hydrogens (primary N) is 1. The molecule has 0 saturated heterocycles. The summed E-state index contributed by atoms with van der Waals surface area (Å²) in [6.45, 7) is 0. The second-order valence-corrected chi connectivity index (χ2v) is 6.41. The molecule has 0 aromatic heterocycles. The summed E-state index contributed by atoms with van der Waals surface area (Å²) >= 11 is 11.6. The van der Waals surface area contributed by atoms with Crippen molar-refractivity contribution >= 4 is 44.6 Å². The Bertz CT molecular complexity index is 766. The van der Waals surface area contributed by atoms with E-state index < -0.39 is 15.8 Å². The Hall–Kier alpha value is -1.50. The molecule has 0 saturated carbocycles. The van der Waals surface area contributed by atoms with Crippen LogP contribution < -0.4 is 10.5 Å². The third-order valence-corrected chi connectivity index (χ3v) is 4.52. The van der Waals surface area contributed by atoms with Crippen molar-refractivity contribution < 1.29 is 12.8 Å². The van der Waals surface area contributed by atoms with Gasteiger partial charge >= 0.3 is 0 Å². The van der Waals surface area contributed by atoms with Crippen molar-refractivity contribution in [3.8, 4) is 0 Å². The molecule has 8 heteroatoms. The van der Waals surface area contributed by atoms with Gasteiger partial charge in [0, 0.05) is 11.1 Å². The first kappa shape index (κ1) is 14.9. The monoisotopic (exact) mass is 334 g/mol. The number of benzene rings is 2. The molecule has 0 spiro atoms. The van der Waals surface area contributed by atoms with Crippen molar-refractivity contribution in [3.63, 3.8) is 0 Å². The van der Waals surface area contributed by atoms with Gasteiger partial charge in [-0.25, -0.2) is 12.8 Å². The smallest absolute Gasteiger partial charge is 0.263 e. The molecule has 0 bridgehead atoms. The summed E-state index contributed by atoms with van der Waals surface area (Å²) in [6, 6.07) is 7.37. The number of hydrogen-bond donors (Lipinski definition) is 2. The maximum Gasteiger partial charge on any atom is 0.263 e. The first-order valence-corrected chi connectivity index (χ1v) is 7.56. The van der Waals surface area contributed by atoms with Crippen LogP contribution in [0.15, 0.2) is 41.3 Å². The standard InChI is InChI=1S/C12H9Cl2FN2O2S/c13-7-1-3-9(14)12(5-7)20(18,19)17-11-6-8(15)2-4-10(11)16/h1-6,17H,16H2. The van der Waals surface area contributed by atoms with E-state index in [2.05, 4.69) is 4.72 Å². The Labute approximate surface area is 125 Å². The quantitative estimate of drug-likeness (QED) is 0.843. The normalized spacial score (nSPS) is 11.3. The molecule has 0 amide bonds. The molecule has 2 aromatic carbocycles. The van der Waals surface area contributed by atoms with Crippen LogP contribution in [0.1, 0.15) is 0 Å². The highest BCUT2D eigenvalue weighted by Crippen LogP contribution is 2.28. The van der Waals surface area contributed by atoms with Crippen LogP contribution in [0, 0.1) is 5.82 Å². The van der Waals surface area contributed by atoms with E-state index in [1.165, 1.54) is 24.3 Å². The van der Waals surface area contributed by atoms with Crippen molar-refractivity contribution in [2.45, 2.75) is 4.90 Å². The van der Waals surface area contributed by atoms with Gasteiger partial charge in [0.15, 0.2) is 0 Å². The molecule has 0 unspecified atom stereocenters. The zero-order valence-corrected chi connectivity index (χ0v) is 12.2. The molecular weight excluding hydrogens is 326 g/mol. The zero-order chi connectivity index (χ0) is 14.9. The number of rotatable bonds is 3. The van der Waals surface area contributed by atoms with Gasteiger partial charge in [0.25, 0.3) is 10.0 Å². The molecule has 2 aromatic rings. The van der Waals surface area contributed by atoms with Crippen LogP contribution in [0.3, 0.4) is 0 Å². The lowest BCUT2D eigenvalue weighted by molar-refractivity contribution is 0.601. The van der Waals surface area contributed by atoms with Gasteiger partial charge in [0.05, 0.1) is 16.4 Å². The molecule has 4 nitrogen and oxygen atoms in total. The van der Waals surface area contributed by atoms with E-state index >= 15 is 0 Å². The molecule has 0 radical (unpaired) electrons. The lowest BCUT2D eigenvalue weighted by Crippen LogP contribution is -2.14. The fourth-order valence-corrected chi connectivity index (χ4v) is 3.34. The van der Waals surface area contributed by atoms with Crippen LogP contribution >= 0.6 is 23.2 Å². The Kier molecular flexibility index (Phi) is 4.08. The van der Waals surface area contributed by atoms with Crippen LogP contribution in [0.4, 0.5) is 15.8 Å². The van der Waals surface area contributed by atoms with Crippen molar-refractivity contribution in [2.24, 2.45) is 0 Å². The molecule has 0 aliphatic heterocycles. The molecule has 2 rings (SSSR count). The molecule has 20 heavy (non-hydrogen) atoms. The molecule has 3 N–H and O–H groups in total. The molecule has 0 atom stereocenters. The minimum absolute atomic E-state index is 0.00289. The minimum Gasteiger partial charge on any atom is -0.397 e. The van der Waals surface area contributed by atoms with E-state index in [4.69, 9.17) is 28.9 Å². The predicted octanol–water partition coefficient (Wildman–Crippen LogP) is 3.52. The summed E-state index contributed by atoms with van der Waals surface area (Å²) in [4.78, 5) is -0.213. The van der Waals surface area contributed by atoms with E-state index in [1.54, 1.807) is 0 Å². The van der Waals surface area contributed by atoms with Gasteiger partial charge in [-0.15, -0.1) is 0 Å². The predicted molar refractivity (Wildman–Crippen MR) is 78.1 cm³/mol. The minimum atomic E-state index is -4.02. The van der Waals surface area contributed by atoms with Crippen molar-refractivity contribution in [1.82, 2.24) is 0 Å². The van der Waals surface area contributed by atoms with Gasteiger partial charge in [-0.2, -0.15) is 0 Å². The van der Waals surface area contributed by atoms with Crippen LogP contribution in [-0.4, -0.2) is 8.42 Å². The summed E-state index contributed by atoms with van der Waals surface area (Å²) < 4.78 is 39.7. The molecule has 0 fully saturated rings. The largest absolute Gasteiger partial charge is 0.397 e. The highest BCUT2D eigenvalue weighted by atomic mass is 35.5. The number of nitrogen functional groups attached to an aromatic ring is 1. The first-order chi connectivity index (χ1) is 9.29. The van der Waals surface area contributed by atoms with E-state index in [-0.39, 0.29) is 26.3 Å². The van der Waals surface area contributed by atoms with Gasteiger partial charge in [-0.05, 0) is 30.3 Å². The van der Waals surface area contributed by atoms with Gasteiger partial charge in [-0.3, -0.25) is 4.72 Å². The third-order valence-electron chi connectivity index (χ3n) is 2.44. The number of sulfonamides is 1. The van der Waals surface area contributed by atoms with E-state index in [9.17, 15) is 12.8 Å². The van der Waals surface area contributed by atoms with Crippen molar-refractivity contribution in [2.75, 3.05) is 10.5 Å². The fraction of sp³-hybridized carbons (Fsp3) is 0. The van der Waals surface area contributed by atoms with Gasteiger partial charge in [-0.1, -0.05) is 23.2 Å². The first-order valence-electron chi connectivity index (χ1n) is 5.32. The molecule has 106 valence electrons. The average molecular weight is 335 g/mol. The van der Waals surface area contributed by atoms with Gasteiger partial charge in [0.2, 0.25) is 0 Å². The van der Waals surface area contributed by atoms with Gasteiger partial charge in [0.1, 0.15) is 10.7 Å². The van der Waals surface area contributed by atoms with E-state index in [1.807, 2.05) is 0 Å². The molecule has 0 aliphatic rings. The topological polar surface area (TPSA) is 72.2 Å². The highest BCUT2D eigenvalue weighted by molar-refractivity contribution is 7.92. The number of halogens is 3. The summed E-state index contributed by atoms with van der Waals surface area (Å²) in [6.07, 6.45) is 0. The Morgan fingerprint density at radius 1 is 1.10 bits per heavy atom. The molecule has 0 aliphatic carbocycles. The SMILES string of the molecule is Nc1ccc(F)cc1NS(=O)(=O)c1cc(Cl)ccc1Cl. The molecule has 0 heterocycles. The van der Waals surface area contributed by atoms with E-state index in [0.717, 1.165) is 12.1 Å². The van der Waals surface area contributed by atoms with E-state index in [0.29, 0.717) is 0 Å². The summed E-state index contributed by atoms with van der Waals surface area (Å²) in [5.74, 6) is -0.617. The highest BCUT2D eigenvalue weighted by Gasteiger charge is 2.19. The van der Waals surface area contributed by atoms with Crippen LogP contribution in [0.25, 0.3) is 0 Å². The Balaban J connectivity index is 2.46. The number of anilines is 2. The summed E-state index contributed by atoms with van der Waals surface area (Å²) in [5.41, 5.74) is 5.61. The van der Waals surface area contributed by atoms with Crippen molar-refractivity contribution in [3.05, 3.63) is 52.3 Å². The average Bonchev–Trinajstić information content (AvgIpc) is 2.36. The van der Waals surface area contributed by atoms with Crippen LogP contribution in [0.5, 0.6) is 0 Å². The fourth-order valence-electron chi connectivity index (χ4n) is 1.50. The van der Waals surface area contributed by atoms with Crippen LogP contribution in [-0.2, 0) is 10.0 Å². The third kappa shape index (κ3) is 3.15. The van der Waals surface area contributed by atoms with Gasteiger partial charge < -0.3 is 5.73 Å². The lowest BCUT2D eigenvalue weighted by atomic mass is 10.3. The van der Waals surface area contributed by atoms with Crippen LogP contribution in [0.2, 0.25) is 10.0 Å². The molecular formula is C12H9Cl2FN2O2S. The van der Waals surface area contributed by atoms with Crippen molar-refractivity contribution in [1.29, 1.82) is 0 Å². The number of nitrogens with one attached hydrogen (secondary N) is 1. The number of hydrogen-bond acceptors (Lipinski definition) is 3. The lowest BCUT2D eigenvalue weighted by Gasteiger charge is -2.11. The summed E-state index contributed by atoms with van der Waals surface area (Å²) in [7, 11) is -4.02. The maximum absolute atomic E-state index is 13.1. The Morgan fingerprint density at radius 3 is 2.50 bits per heavy atom. The second-order valence-electron chi connectivity index (χ2n) is 3.91. The Morgan fingerprint density at radius 2 is 1.80 bits per heavy atom. The summed E-state index contributed by atoms with van der Waals surface area (Å²) in [5, 5.41) is 0.207. The maximum atomic E-state index is 13.1. The zero-order valence-electron chi connectivity index (χ0n) is 9.90.